The van der Waals surface area contributed by atoms with Gasteiger partial charge in [-0.2, -0.15) is 13.2 Å². The summed E-state index contributed by atoms with van der Waals surface area (Å²) in [6.45, 7) is 0. The third-order valence-electron chi connectivity index (χ3n) is 0.648. The van der Waals surface area contributed by atoms with Crippen LogP contribution in [0.3, 0.4) is 0 Å². The van der Waals surface area contributed by atoms with Gasteiger partial charge in [-0.25, -0.2) is 4.39 Å². The molecular weight excluding hydrogens is 227 g/mol. The van der Waals surface area contributed by atoms with Gasteiger partial charge in [-0.3, -0.25) is 0 Å². The average molecular weight is 228 g/mol. The van der Waals surface area contributed by atoms with Crippen LogP contribution in [0.25, 0.3) is 0 Å². The van der Waals surface area contributed by atoms with Gasteiger partial charge in [0.2, 0.25) is 0 Å². The van der Waals surface area contributed by atoms with E-state index >= 15 is 0 Å². The zero-order chi connectivity index (χ0) is 10.5. The standard InChI is InChI=1S/C2HF9S/c3-1(2(4,5)6)12(7,8,9,10)11/h1H. The number of rotatable bonds is 1. The van der Waals surface area contributed by atoms with Crippen LogP contribution in [0.2, 0.25) is 0 Å². The summed E-state index contributed by atoms with van der Waals surface area (Å²) < 4.78 is 99.0. The van der Waals surface area contributed by atoms with Crippen molar-refractivity contribution in [3.8, 4) is 0 Å². The Labute approximate surface area is 60.1 Å². The lowest BCUT2D eigenvalue weighted by molar-refractivity contribution is -0.163. The summed E-state index contributed by atoms with van der Waals surface area (Å²) in [7, 11) is -11.1. The molecule has 0 aromatic heterocycles. The molecule has 1 atom stereocenters. The molecule has 1 unspecified atom stereocenters. The van der Waals surface area contributed by atoms with E-state index in [1.807, 2.05) is 0 Å². The maximum atomic E-state index is 11.2. The largest absolute Gasteiger partial charge is 0.438 e. The van der Waals surface area contributed by atoms with E-state index in [1.54, 1.807) is 0 Å². The summed E-state index contributed by atoms with van der Waals surface area (Å²) in [5.41, 5.74) is -6.06. The van der Waals surface area contributed by atoms with Crippen molar-refractivity contribution in [2.75, 3.05) is 0 Å². The second kappa shape index (κ2) is 1.80. The van der Waals surface area contributed by atoms with Gasteiger partial charge in [0, 0.05) is 0 Å². The van der Waals surface area contributed by atoms with Crippen LogP contribution >= 0.6 is 10.2 Å². The predicted octanol–water partition coefficient (Wildman–Crippen LogP) is 4.14. The van der Waals surface area contributed by atoms with Crippen LogP contribution < -0.4 is 0 Å². The summed E-state index contributed by atoms with van der Waals surface area (Å²) in [4.78, 5) is 0. The third kappa shape index (κ3) is 2.99. The van der Waals surface area contributed by atoms with Crippen LogP contribution in [0, 0.1) is 0 Å². The van der Waals surface area contributed by atoms with Gasteiger partial charge < -0.3 is 0 Å². The lowest BCUT2D eigenvalue weighted by Crippen LogP contribution is -2.35. The molecule has 0 nitrogen and oxygen atoms in total. The molecule has 10 heteroatoms. The van der Waals surface area contributed by atoms with Crippen molar-refractivity contribution in [3.05, 3.63) is 0 Å². The molecule has 0 spiro atoms. The Hall–Kier alpha value is -0.280. The SMILES string of the molecule is FC(C(F)(F)F)S(F)(F)(F)(F)F. The fourth-order valence-electron chi connectivity index (χ4n) is 0.253. The Morgan fingerprint density at radius 3 is 1.08 bits per heavy atom. The summed E-state index contributed by atoms with van der Waals surface area (Å²) >= 11 is 0. The lowest BCUT2D eigenvalue weighted by atomic mass is 10.7. The first-order valence-corrected chi connectivity index (χ1v) is 4.10. The minimum atomic E-state index is -11.1. The van der Waals surface area contributed by atoms with Crippen LogP contribution in [0.5, 0.6) is 0 Å². The number of halogens is 9. The van der Waals surface area contributed by atoms with E-state index in [9.17, 15) is 37.0 Å². The van der Waals surface area contributed by atoms with Gasteiger partial charge in [-0.05, 0) is 0 Å². The van der Waals surface area contributed by atoms with Crippen LogP contribution in [0.1, 0.15) is 0 Å². The zero-order valence-electron chi connectivity index (χ0n) is 4.89. The van der Waals surface area contributed by atoms with E-state index < -0.39 is 21.9 Å². The van der Waals surface area contributed by atoms with E-state index in [1.165, 1.54) is 0 Å². The summed E-state index contributed by atoms with van der Waals surface area (Å²) in [6, 6.07) is 0. The van der Waals surface area contributed by atoms with Crippen LogP contribution in [-0.2, 0) is 0 Å². The van der Waals surface area contributed by atoms with Crippen molar-refractivity contribution >= 4 is 10.2 Å². The molecule has 0 saturated heterocycles. The molecule has 0 aliphatic rings. The summed E-state index contributed by atoms with van der Waals surface area (Å²) in [6.07, 6.45) is -6.62. The molecule has 0 saturated carbocycles. The molecule has 0 aromatic rings. The second-order valence-corrected chi connectivity index (χ2v) is 4.36. The molecule has 12 heavy (non-hydrogen) atoms. The first kappa shape index (κ1) is 11.7. The van der Waals surface area contributed by atoms with Crippen molar-refractivity contribution < 1.29 is 37.0 Å². The molecule has 0 aromatic carbocycles. The van der Waals surface area contributed by atoms with Gasteiger partial charge in [0.1, 0.15) is 0 Å². The molecule has 0 aliphatic heterocycles. The van der Waals surface area contributed by atoms with E-state index in [2.05, 4.69) is 0 Å². The Morgan fingerprint density at radius 2 is 1.08 bits per heavy atom. The van der Waals surface area contributed by atoms with E-state index in [-0.39, 0.29) is 0 Å². The van der Waals surface area contributed by atoms with Crippen LogP contribution in [0.15, 0.2) is 0 Å². The first-order chi connectivity index (χ1) is 4.64. The van der Waals surface area contributed by atoms with Crippen molar-refractivity contribution in [2.24, 2.45) is 0 Å². The highest BCUT2D eigenvalue weighted by Crippen LogP contribution is 3.01. The molecule has 78 valence electrons. The van der Waals surface area contributed by atoms with Crippen molar-refractivity contribution in [3.63, 3.8) is 0 Å². The minimum Gasteiger partial charge on any atom is -0.215 e. The molecule has 0 radical (unpaired) electrons. The molecular formula is C2HF9S. The maximum Gasteiger partial charge on any atom is 0.438 e. The maximum absolute atomic E-state index is 11.2. The smallest absolute Gasteiger partial charge is 0.215 e. The van der Waals surface area contributed by atoms with Gasteiger partial charge in [-0.15, -0.1) is 0 Å². The molecule has 0 bridgehead atoms. The van der Waals surface area contributed by atoms with Crippen molar-refractivity contribution in [1.29, 1.82) is 0 Å². The van der Waals surface area contributed by atoms with Gasteiger partial charge in [0.05, 0.1) is 0 Å². The Morgan fingerprint density at radius 1 is 0.833 bits per heavy atom. The van der Waals surface area contributed by atoms with Crippen LogP contribution in [0.4, 0.5) is 37.0 Å². The van der Waals surface area contributed by atoms with Gasteiger partial charge in [0.25, 0.3) is 0 Å². The van der Waals surface area contributed by atoms with Crippen molar-refractivity contribution in [1.82, 2.24) is 0 Å². The van der Waals surface area contributed by atoms with E-state index in [4.69, 9.17) is 0 Å². The second-order valence-electron chi connectivity index (χ2n) is 1.89. The van der Waals surface area contributed by atoms with E-state index in [0.717, 1.165) is 0 Å². The predicted molar refractivity (Wildman–Crippen MR) is 24.1 cm³/mol. The third-order valence-corrected chi connectivity index (χ3v) is 1.70. The topological polar surface area (TPSA) is 0 Å². The summed E-state index contributed by atoms with van der Waals surface area (Å²) in [5, 5.41) is 0. The lowest BCUT2D eigenvalue weighted by Gasteiger charge is -2.42. The highest BCUT2D eigenvalue weighted by Gasteiger charge is 2.79. The van der Waals surface area contributed by atoms with E-state index in [0.29, 0.717) is 0 Å². The minimum absolute atomic E-state index is 6.06. The highest BCUT2D eigenvalue weighted by atomic mass is 32.5. The Kier molecular flexibility index (Phi) is 1.76. The molecule has 0 N–H and O–H groups in total. The monoisotopic (exact) mass is 228 g/mol. The number of hydrogen-bond acceptors (Lipinski definition) is 0. The average Bonchev–Trinajstić information content (AvgIpc) is 1.54. The van der Waals surface area contributed by atoms with Gasteiger partial charge in [-0.1, -0.05) is 19.4 Å². The Balaban J connectivity index is 5.11. The first-order valence-electron chi connectivity index (χ1n) is 2.08. The molecule has 0 fully saturated rings. The molecule has 0 heterocycles. The Bertz CT molecular complexity index is 178. The summed E-state index contributed by atoms with van der Waals surface area (Å²) in [5.74, 6) is 0. The van der Waals surface area contributed by atoms with Gasteiger partial charge >= 0.3 is 21.9 Å². The fraction of sp³-hybridized carbons (Fsp3) is 1.00. The molecule has 0 aliphatic carbocycles. The van der Waals surface area contributed by atoms with Crippen molar-refractivity contribution in [2.45, 2.75) is 11.7 Å². The zero-order valence-corrected chi connectivity index (χ0v) is 5.70. The number of hydrogen-bond donors (Lipinski definition) is 0. The normalized spacial score (nSPS) is 22.8. The van der Waals surface area contributed by atoms with Crippen LogP contribution in [-0.4, -0.2) is 11.7 Å². The number of alkyl halides is 4. The quantitative estimate of drug-likeness (QED) is 0.591. The molecule has 0 rings (SSSR count). The fourth-order valence-corrected chi connectivity index (χ4v) is 0.758. The molecule has 0 amide bonds. The van der Waals surface area contributed by atoms with Gasteiger partial charge in [0.15, 0.2) is 0 Å². The highest BCUT2D eigenvalue weighted by molar-refractivity contribution is 8.46.